The Kier molecular flexibility index (Phi) is 6.46. The van der Waals surface area contributed by atoms with Crippen molar-refractivity contribution in [3.63, 3.8) is 0 Å². The van der Waals surface area contributed by atoms with Crippen molar-refractivity contribution in [2.24, 2.45) is 7.05 Å². The van der Waals surface area contributed by atoms with Crippen molar-refractivity contribution in [3.05, 3.63) is 58.1 Å². The fourth-order valence-corrected chi connectivity index (χ4v) is 3.90. The van der Waals surface area contributed by atoms with Crippen LogP contribution in [0.2, 0.25) is 10.0 Å². The number of nitrogens with one attached hydrogen (secondary N) is 1. The summed E-state index contributed by atoms with van der Waals surface area (Å²) in [5.74, 6) is 0.920. The van der Waals surface area contributed by atoms with E-state index in [0.29, 0.717) is 22.2 Å². The van der Waals surface area contributed by atoms with E-state index in [1.807, 2.05) is 30.8 Å². The molecule has 9 heteroatoms. The van der Waals surface area contributed by atoms with Crippen LogP contribution in [-0.2, 0) is 24.8 Å². The zero-order valence-corrected chi connectivity index (χ0v) is 17.3. The first-order chi connectivity index (χ1) is 13.0. The topological polar surface area (TPSA) is 64.7 Å². The van der Waals surface area contributed by atoms with Crippen LogP contribution in [0.5, 0.6) is 0 Å². The van der Waals surface area contributed by atoms with E-state index >= 15 is 0 Å². The molecule has 6 nitrogen and oxygen atoms in total. The summed E-state index contributed by atoms with van der Waals surface area (Å²) in [5.41, 5.74) is 1.69. The lowest BCUT2D eigenvalue weighted by atomic mass is 10.3. The molecule has 0 saturated carbocycles. The molecule has 0 bridgehead atoms. The standard InChI is InChI=1S/C18H19Cl2N5OS/c1-3-25-16(10-13-5-4-8-24(13)2)22-23-18(25)27-11-17(26)21-15-7-6-12(19)9-14(15)20/h4-9H,3,10-11H2,1-2H3,(H,21,26). The number of aryl methyl sites for hydroxylation is 1. The maximum atomic E-state index is 12.2. The van der Waals surface area contributed by atoms with Crippen molar-refractivity contribution < 1.29 is 4.79 Å². The molecule has 0 atom stereocenters. The van der Waals surface area contributed by atoms with Crippen molar-refractivity contribution in [1.29, 1.82) is 0 Å². The summed E-state index contributed by atoms with van der Waals surface area (Å²) in [6, 6.07) is 9.02. The first kappa shape index (κ1) is 19.8. The summed E-state index contributed by atoms with van der Waals surface area (Å²) >= 11 is 13.3. The lowest BCUT2D eigenvalue weighted by Gasteiger charge is -2.09. The zero-order chi connectivity index (χ0) is 19.4. The third kappa shape index (κ3) is 4.86. The van der Waals surface area contributed by atoms with Crippen molar-refractivity contribution in [2.75, 3.05) is 11.1 Å². The van der Waals surface area contributed by atoms with Crippen LogP contribution in [0.1, 0.15) is 18.4 Å². The van der Waals surface area contributed by atoms with Gasteiger partial charge in [-0.05, 0) is 37.3 Å². The molecule has 0 aliphatic rings. The Morgan fingerprint density at radius 3 is 2.74 bits per heavy atom. The molecule has 0 unspecified atom stereocenters. The van der Waals surface area contributed by atoms with Crippen molar-refractivity contribution in [3.8, 4) is 0 Å². The molecule has 0 spiro atoms. The average Bonchev–Trinajstić information content (AvgIpc) is 3.22. The van der Waals surface area contributed by atoms with Gasteiger partial charge in [0.05, 0.1) is 16.5 Å². The van der Waals surface area contributed by atoms with Gasteiger partial charge in [0.25, 0.3) is 0 Å². The number of hydrogen-bond acceptors (Lipinski definition) is 4. The number of carbonyl (C=O) groups excluding carboxylic acids is 1. The molecular weight excluding hydrogens is 405 g/mol. The normalized spacial score (nSPS) is 11.0. The predicted molar refractivity (Wildman–Crippen MR) is 110 cm³/mol. The Bertz CT molecular complexity index is 953. The van der Waals surface area contributed by atoms with E-state index in [1.165, 1.54) is 11.8 Å². The van der Waals surface area contributed by atoms with Crippen molar-refractivity contribution >= 4 is 46.6 Å². The van der Waals surface area contributed by atoms with E-state index in [9.17, 15) is 4.79 Å². The predicted octanol–water partition coefficient (Wildman–Crippen LogP) is 4.26. The fourth-order valence-electron chi connectivity index (χ4n) is 2.62. The molecule has 1 amide bonds. The summed E-state index contributed by atoms with van der Waals surface area (Å²) in [7, 11) is 2.00. The minimum atomic E-state index is -0.168. The Balaban J connectivity index is 1.63. The molecule has 0 aliphatic carbocycles. The maximum Gasteiger partial charge on any atom is 0.234 e. The third-order valence-corrected chi connectivity index (χ3v) is 5.55. The summed E-state index contributed by atoms with van der Waals surface area (Å²) in [4.78, 5) is 12.2. The van der Waals surface area contributed by atoms with Gasteiger partial charge in [0.15, 0.2) is 5.16 Å². The first-order valence-corrected chi connectivity index (χ1v) is 10.1. The second kappa shape index (κ2) is 8.82. The van der Waals surface area contributed by atoms with Gasteiger partial charge < -0.3 is 14.5 Å². The minimum absolute atomic E-state index is 0.168. The molecule has 27 heavy (non-hydrogen) atoms. The molecule has 3 rings (SSSR count). The number of aromatic nitrogens is 4. The lowest BCUT2D eigenvalue weighted by Crippen LogP contribution is -2.15. The van der Waals surface area contributed by atoms with Crippen LogP contribution in [0.3, 0.4) is 0 Å². The Morgan fingerprint density at radius 1 is 1.26 bits per heavy atom. The number of hydrogen-bond donors (Lipinski definition) is 1. The number of nitrogens with zero attached hydrogens (tertiary/aromatic N) is 4. The highest BCUT2D eigenvalue weighted by Gasteiger charge is 2.15. The molecule has 2 aromatic heterocycles. The number of benzene rings is 1. The highest BCUT2D eigenvalue weighted by atomic mass is 35.5. The van der Waals surface area contributed by atoms with Gasteiger partial charge in [-0.3, -0.25) is 4.79 Å². The highest BCUT2D eigenvalue weighted by molar-refractivity contribution is 7.99. The number of anilines is 1. The van der Waals surface area contributed by atoms with Crippen LogP contribution in [0.25, 0.3) is 0 Å². The van der Waals surface area contributed by atoms with Crippen LogP contribution in [0, 0.1) is 0 Å². The van der Waals surface area contributed by atoms with Crippen LogP contribution in [0.4, 0.5) is 5.69 Å². The van der Waals surface area contributed by atoms with E-state index < -0.39 is 0 Å². The molecule has 3 aromatic rings. The highest BCUT2D eigenvalue weighted by Crippen LogP contribution is 2.26. The number of rotatable bonds is 7. The first-order valence-electron chi connectivity index (χ1n) is 8.38. The molecular formula is C18H19Cl2N5OS. The Labute approximate surface area is 171 Å². The molecule has 2 heterocycles. The smallest absolute Gasteiger partial charge is 0.234 e. The number of amides is 1. The van der Waals surface area contributed by atoms with Crippen molar-refractivity contribution in [2.45, 2.75) is 25.0 Å². The van der Waals surface area contributed by atoms with Gasteiger partial charge >= 0.3 is 0 Å². The van der Waals surface area contributed by atoms with Crippen LogP contribution in [0.15, 0.2) is 41.7 Å². The molecule has 0 aliphatic heterocycles. The van der Waals surface area contributed by atoms with E-state index in [-0.39, 0.29) is 11.7 Å². The van der Waals surface area contributed by atoms with E-state index in [2.05, 4.69) is 26.1 Å². The second-order valence-electron chi connectivity index (χ2n) is 5.89. The van der Waals surface area contributed by atoms with Gasteiger partial charge in [0.2, 0.25) is 5.91 Å². The minimum Gasteiger partial charge on any atom is -0.354 e. The van der Waals surface area contributed by atoms with Crippen LogP contribution in [-0.4, -0.2) is 31.0 Å². The van der Waals surface area contributed by atoms with Crippen LogP contribution < -0.4 is 5.32 Å². The molecule has 1 N–H and O–H groups in total. The average molecular weight is 424 g/mol. The van der Waals surface area contributed by atoms with Gasteiger partial charge in [-0.1, -0.05) is 35.0 Å². The van der Waals surface area contributed by atoms with E-state index in [1.54, 1.807) is 18.2 Å². The lowest BCUT2D eigenvalue weighted by molar-refractivity contribution is -0.113. The number of thioether (sulfide) groups is 1. The zero-order valence-electron chi connectivity index (χ0n) is 14.9. The Morgan fingerprint density at radius 2 is 2.07 bits per heavy atom. The van der Waals surface area contributed by atoms with Crippen LogP contribution >= 0.6 is 35.0 Å². The van der Waals surface area contributed by atoms with E-state index in [4.69, 9.17) is 23.2 Å². The quantitative estimate of drug-likeness (QED) is 0.576. The van der Waals surface area contributed by atoms with Gasteiger partial charge in [-0.15, -0.1) is 10.2 Å². The molecule has 0 saturated heterocycles. The van der Waals surface area contributed by atoms with E-state index in [0.717, 1.165) is 23.2 Å². The van der Waals surface area contributed by atoms with Gasteiger partial charge in [-0.2, -0.15) is 0 Å². The fraction of sp³-hybridized carbons (Fsp3) is 0.278. The monoisotopic (exact) mass is 423 g/mol. The molecule has 142 valence electrons. The van der Waals surface area contributed by atoms with Gasteiger partial charge in [-0.25, -0.2) is 0 Å². The van der Waals surface area contributed by atoms with Gasteiger partial charge in [0.1, 0.15) is 5.82 Å². The second-order valence-corrected chi connectivity index (χ2v) is 7.68. The molecule has 1 aromatic carbocycles. The largest absolute Gasteiger partial charge is 0.354 e. The Hall–Kier alpha value is -1.96. The number of carbonyl (C=O) groups is 1. The molecule has 0 fully saturated rings. The van der Waals surface area contributed by atoms with Crippen molar-refractivity contribution in [1.82, 2.24) is 19.3 Å². The maximum absolute atomic E-state index is 12.2. The summed E-state index contributed by atoms with van der Waals surface area (Å²) < 4.78 is 4.09. The number of halogens is 2. The third-order valence-electron chi connectivity index (χ3n) is 4.04. The summed E-state index contributed by atoms with van der Waals surface area (Å²) in [6.07, 6.45) is 2.70. The summed E-state index contributed by atoms with van der Waals surface area (Å²) in [6.45, 7) is 2.77. The van der Waals surface area contributed by atoms with Gasteiger partial charge in [0, 0.05) is 36.9 Å². The summed E-state index contributed by atoms with van der Waals surface area (Å²) in [5, 5.41) is 13.0. The molecule has 0 radical (unpaired) electrons. The SMILES string of the molecule is CCn1c(Cc2cccn2C)nnc1SCC(=O)Nc1ccc(Cl)cc1Cl.